The molecule has 1 aromatic carbocycles. The van der Waals surface area contributed by atoms with Crippen molar-refractivity contribution in [1.82, 2.24) is 4.90 Å². The van der Waals surface area contributed by atoms with Gasteiger partial charge < -0.3 is 5.11 Å². The van der Waals surface area contributed by atoms with Crippen molar-refractivity contribution in [3.8, 4) is 0 Å². The molecule has 0 spiro atoms. The van der Waals surface area contributed by atoms with E-state index in [1.165, 1.54) is 36.9 Å². The number of nitrogens with zero attached hydrogens (tertiary/aromatic N) is 1. The Morgan fingerprint density at radius 3 is 2.45 bits per heavy atom. The van der Waals surface area contributed by atoms with Crippen molar-refractivity contribution in [2.24, 2.45) is 0 Å². The molecule has 0 amide bonds. The predicted octanol–water partition coefficient (Wildman–Crippen LogP) is 3.72. The monoisotopic (exact) mass is 275 g/mol. The van der Waals surface area contributed by atoms with Gasteiger partial charge in [-0.25, -0.2) is 0 Å². The smallest absolute Gasteiger partial charge is 0.0445 e. The molecule has 0 aromatic heterocycles. The molecule has 0 saturated carbocycles. The Kier molecular flexibility index (Phi) is 5.22. The summed E-state index contributed by atoms with van der Waals surface area (Å²) in [6, 6.07) is 9.63. The first kappa shape index (κ1) is 15.5. The van der Waals surface area contributed by atoms with Gasteiger partial charge in [0, 0.05) is 19.2 Å². The van der Waals surface area contributed by atoms with E-state index >= 15 is 0 Å². The third-order valence-corrected chi connectivity index (χ3v) is 4.42. The van der Waals surface area contributed by atoms with Gasteiger partial charge in [-0.15, -0.1) is 0 Å². The lowest BCUT2D eigenvalue weighted by atomic mass is 9.86. The largest absolute Gasteiger partial charge is 0.396 e. The van der Waals surface area contributed by atoms with Gasteiger partial charge in [0.2, 0.25) is 0 Å². The molecule has 0 aliphatic carbocycles. The van der Waals surface area contributed by atoms with E-state index in [4.69, 9.17) is 0 Å². The van der Waals surface area contributed by atoms with E-state index in [0.29, 0.717) is 12.6 Å². The zero-order chi connectivity index (χ0) is 14.6. The molecule has 2 heteroatoms. The molecule has 20 heavy (non-hydrogen) atoms. The molecular formula is C18H29NO. The van der Waals surface area contributed by atoms with Crippen molar-refractivity contribution in [3.63, 3.8) is 0 Å². The molecule has 1 aromatic rings. The second kappa shape index (κ2) is 6.73. The zero-order valence-electron chi connectivity index (χ0n) is 13.2. The molecule has 2 nitrogen and oxygen atoms in total. The highest BCUT2D eigenvalue weighted by atomic mass is 16.3. The standard InChI is InChI=1S/C18H29NO/c1-18(2,3)16-9-7-15(8-10-16)14-19-12-5-4-6-17(19)11-13-20/h7-10,17,20H,4-6,11-14H2,1-3H3/t17-/m0/s1. The van der Waals surface area contributed by atoms with Crippen LogP contribution in [-0.4, -0.2) is 29.2 Å². The molecule has 0 unspecified atom stereocenters. The molecule has 0 bridgehead atoms. The number of rotatable bonds is 4. The number of likely N-dealkylation sites (tertiary alicyclic amines) is 1. The second-order valence-corrected chi connectivity index (χ2v) is 7.08. The lowest BCUT2D eigenvalue weighted by Crippen LogP contribution is -2.39. The van der Waals surface area contributed by atoms with Gasteiger partial charge in [0.05, 0.1) is 0 Å². The Morgan fingerprint density at radius 1 is 1.15 bits per heavy atom. The number of benzene rings is 1. The van der Waals surface area contributed by atoms with Gasteiger partial charge in [-0.3, -0.25) is 4.90 Å². The molecule has 1 fully saturated rings. The van der Waals surface area contributed by atoms with Crippen LogP contribution in [0.3, 0.4) is 0 Å². The van der Waals surface area contributed by atoms with Crippen LogP contribution in [0.5, 0.6) is 0 Å². The summed E-state index contributed by atoms with van der Waals surface area (Å²) >= 11 is 0. The Hall–Kier alpha value is -0.860. The topological polar surface area (TPSA) is 23.5 Å². The van der Waals surface area contributed by atoms with Gasteiger partial charge in [-0.05, 0) is 42.3 Å². The normalized spacial score (nSPS) is 21.1. The van der Waals surface area contributed by atoms with Crippen molar-refractivity contribution >= 4 is 0 Å². The SMILES string of the molecule is CC(C)(C)c1ccc(CN2CCCC[C@H]2CCO)cc1. The van der Waals surface area contributed by atoms with Crippen LogP contribution in [0.4, 0.5) is 0 Å². The van der Waals surface area contributed by atoms with Gasteiger partial charge >= 0.3 is 0 Å². The summed E-state index contributed by atoms with van der Waals surface area (Å²) < 4.78 is 0. The van der Waals surface area contributed by atoms with E-state index in [-0.39, 0.29) is 5.41 Å². The van der Waals surface area contributed by atoms with Crippen LogP contribution < -0.4 is 0 Å². The van der Waals surface area contributed by atoms with E-state index < -0.39 is 0 Å². The maximum absolute atomic E-state index is 9.20. The zero-order valence-corrected chi connectivity index (χ0v) is 13.2. The molecule has 2 rings (SSSR count). The summed E-state index contributed by atoms with van der Waals surface area (Å²) in [4.78, 5) is 2.55. The first-order valence-electron chi connectivity index (χ1n) is 7.95. The Labute approximate surface area is 123 Å². The van der Waals surface area contributed by atoms with Crippen molar-refractivity contribution < 1.29 is 5.11 Å². The first-order chi connectivity index (χ1) is 9.50. The Balaban J connectivity index is 2.01. The van der Waals surface area contributed by atoms with Gasteiger partial charge in [-0.1, -0.05) is 51.5 Å². The fourth-order valence-corrected chi connectivity index (χ4v) is 3.09. The minimum Gasteiger partial charge on any atom is -0.396 e. The summed E-state index contributed by atoms with van der Waals surface area (Å²) in [5.41, 5.74) is 3.01. The van der Waals surface area contributed by atoms with Crippen molar-refractivity contribution in [2.45, 2.75) is 64.5 Å². The van der Waals surface area contributed by atoms with E-state index in [1.807, 2.05) is 0 Å². The molecule has 1 atom stereocenters. The van der Waals surface area contributed by atoms with Gasteiger partial charge in [0.1, 0.15) is 0 Å². The summed E-state index contributed by atoms with van der Waals surface area (Å²) in [5, 5.41) is 9.20. The second-order valence-electron chi connectivity index (χ2n) is 7.08. The molecule has 1 aliphatic rings. The van der Waals surface area contributed by atoms with Crippen LogP contribution in [-0.2, 0) is 12.0 Å². The molecule has 112 valence electrons. The fraction of sp³-hybridized carbons (Fsp3) is 0.667. The van der Waals surface area contributed by atoms with Crippen LogP contribution in [0.25, 0.3) is 0 Å². The quantitative estimate of drug-likeness (QED) is 0.905. The predicted molar refractivity (Wildman–Crippen MR) is 84.9 cm³/mol. The Morgan fingerprint density at radius 2 is 1.85 bits per heavy atom. The van der Waals surface area contributed by atoms with Crippen LogP contribution in [0.15, 0.2) is 24.3 Å². The van der Waals surface area contributed by atoms with Crippen molar-refractivity contribution in [1.29, 1.82) is 0 Å². The highest BCUT2D eigenvalue weighted by molar-refractivity contribution is 5.27. The van der Waals surface area contributed by atoms with Crippen LogP contribution in [0, 0.1) is 0 Å². The lowest BCUT2D eigenvalue weighted by molar-refractivity contribution is 0.112. The van der Waals surface area contributed by atoms with E-state index in [9.17, 15) is 5.11 Å². The van der Waals surface area contributed by atoms with Crippen molar-refractivity contribution in [2.75, 3.05) is 13.2 Å². The highest BCUT2D eigenvalue weighted by Crippen LogP contribution is 2.25. The van der Waals surface area contributed by atoms with E-state index in [2.05, 4.69) is 49.9 Å². The Bertz CT molecular complexity index is 402. The van der Waals surface area contributed by atoms with Crippen LogP contribution in [0.1, 0.15) is 57.6 Å². The summed E-state index contributed by atoms with van der Waals surface area (Å²) in [5.74, 6) is 0. The summed E-state index contributed by atoms with van der Waals surface area (Å²) in [6.45, 7) is 9.27. The number of piperidine rings is 1. The average molecular weight is 275 g/mol. The van der Waals surface area contributed by atoms with Crippen molar-refractivity contribution in [3.05, 3.63) is 35.4 Å². The molecule has 1 saturated heterocycles. The highest BCUT2D eigenvalue weighted by Gasteiger charge is 2.22. The summed E-state index contributed by atoms with van der Waals surface area (Å²) in [7, 11) is 0. The minimum atomic E-state index is 0.225. The lowest BCUT2D eigenvalue weighted by Gasteiger charge is -2.35. The minimum absolute atomic E-state index is 0.225. The third-order valence-electron chi connectivity index (χ3n) is 4.42. The number of hydrogen-bond donors (Lipinski definition) is 1. The molecule has 1 N–H and O–H groups in total. The maximum Gasteiger partial charge on any atom is 0.0445 e. The molecule has 1 heterocycles. The van der Waals surface area contributed by atoms with Gasteiger partial charge in [0.15, 0.2) is 0 Å². The van der Waals surface area contributed by atoms with E-state index in [0.717, 1.165) is 13.0 Å². The molecular weight excluding hydrogens is 246 g/mol. The number of hydrogen-bond acceptors (Lipinski definition) is 2. The van der Waals surface area contributed by atoms with E-state index in [1.54, 1.807) is 0 Å². The van der Waals surface area contributed by atoms with Crippen LogP contribution in [0.2, 0.25) is 0 Å². The summed E-state index contributed by atoms with van der Waals surface area (Å²) in [6.07, 6.45) is 4.76. The fourth-order valence-electron chi connectivity index (χ4n) is 3.09. The molecule has 1 aliphatic heterocycles. The van der Waals surface area contributed by atoms with Gasteiger partial charge in [-0.2, -0.15) is 0 Å². The van der Waals surface area contributed by atoms with Gasteiger partial charge in [0.25, 0.3) is 0 Å². The number of aliphatic hydroxyl groups excluding tert-OH is 1. The molecule has 0 radical (unpaired) electrons. The maximum atomic E-state index is 9.20. The average Bonchev–Trinajstić information content (AvgIpc) is 2.41. The van der Waals surface area contributed by atoms with Crippen LogP contribution >= 0.6 is 0 Å². The third kappa shape index (κ3) is 4.07. The number of aliphatic hydroxyl groups is 1. The first-order valence-corrected chi connectivity index (χ1v) is 7.95.